The average Bonchev–Trinajstić information content (AvgIpc) is 3.26. The number of nitrogens with one attached hydrogen (secondary N) is 1. The highest BCUT2D eigenvalue weighted by Gasteiger charge is 2.25. The third-order valence-corrected chi connectivity index (χ3v) is 6.87. The Labute approximate surface area is 251 Å². The van der Waals surface area contributed by atoms with Gasteiger partial charge in [-0.1, -0.05) is 18.2 Å². The molecule has 0 saturated heterocycles. The van der Waals surface area contributed by atoms with Crippen LogP contribution in [0.3, 0.4) is 0 Å². The minimum atomic E-state index is -0.732. The van der Waals surface area contributed by atoms with Crippen LogP contribution in [0, 0.1) is 12.7 Å². The van der Waals surface area contributed by atoms with Gasteiger partial charge in [-0.25, -0.2) is 9.07 Å². The number of rotatable bonds is 10. The smallest absolute Gasteiger partial charge is 0.320 e. The molecule has 5 rings (SSSR count). The van der Waals surface area contributed by atoms with Crippen molar-refractivity contribution in [2.24, 2.45) is 5.73 Å². The maximum absolute atomic E-state index is 15.2. The number of aromatic nitrogens is 3. The Morgan fingerprint density at radius 2 is 1.82 bits per heavy atom. The number of methoxy groups -OCH3 is 1. The molecule has 0 aliphatic heterocycles. The predicted molar refractivity (Wildman–Crippen MR) is 162 cm³/mol. The molecule has 44 heavy (non-hydrogen) atoms. The summed E-state index contributed by atoms with van der Waals surface area (Å²) >= 11 is 0. The van der Waals surface area contributed by atoms with Gasteiger partial charge in [-0.05, 0) is 56.3 Å². The minimum absolute atomic E-state index is 0.0684. The number of esters is 1. The van der Waals surface area contributed by atoms with Gasteiger partial charge in [0.2, 0.25) is 0 Å². The number of hydrogen-bond donors (Lipinski definition) is 2. The summed E-state index contributed by atoms with van der Waals surface area (Å²) in [7, 11) is 1.55. The molecule has 0 spiro atoms. The molecule has 3 aromatic carbocycles. The first-order chi connectivity index (χ1) is 21.2. The number of para-hydroxylation sites is 1. The van der Waals surface area contributed by atoms with Crippen LogP contribution in [-0.2, 0) is 16.1 Å². The van der Waals surface area contributed by atoms with Crippen molar-refractivity contribution >= 4 is 28.5 Å². The molecule has 3 N–H and O–H groups in total. The van der Waals surface area contributed by atoms with Crippen LogP contribution >= 0.6 is 0 Å². The maximum atomic E-state index is 15.2. The van der Waals surface area contributed by atoms with Crippen molar-refractivity contribution in [3.63, 3.8) is 0 Å². The van der Waals surface area contributed by atoms with Crippen molar-refractivity contribution in [3.05, 3.63) is 106 Å². The molecule has 0 unspecified atom stereocenters. The molecule has 0 radical (unpaired) electrons. The lowest BCUT2D eigenvalue weighted by Crippen LogP contribution is -2.30. The number of carbonyl (C=O) groups is 2. The second-order valence-corrected chi connectivity index (χ2v) is 9.89. The van der Waals surface area contributed by atoms with Crippen LogP contribution in [0.4, 0.5) is 10.1 Å². The van der Waals surface area contributed by atoms with E-state index in [-0.39, 0.29) is 30.1 Å². The standard InChI is InChI=1S/C32H30FN5O6/c1-19(43-29(39)17-34)18-37-20(2)30(32(41)38(37)22-7-5-4-6-8-22)31(40)36-21-9-12-28(25(33)15-21)44-27-13-14-35-26-16-23(42-3)10-11-24(26)27/h4-16,19H,17-18,34H2,1-3H3,(H,36,40)/t19-/m0/s1. The Morgan fingerprint density at radius 3 is 2.52 bits per heavy atom. The lowest BCUT2D eigenvalue weighted by molar-refractivity contribution is -0.147. The predicted octanol–water partition coefficient (Wildman–Crippen LogP) is 4.58. The summed E-state index contributed by atoms with van der Waals surface area (Å²) in [5, 5.41) is 3.27. The molecule has 5 aromatic rings. The largest absolute Gasteiger partial charge is 0.497 e. The Bertz CT molecular complexity index is 1900. The lowest BCUT2D eigenvalue weighted by Gasteiger charge is -2.18. The molecule has 0 aliphatic rings. The quantitative estimate of drug-likeness (QED) is 0.223. The zero-order valence-electron chi connectivity index (χ0n) is 24.2. The number of pyridine rings is 1. The van der Waals surface area contributed by atoms with E-state index in [1.807, 2.05) is 0 Å². The van der Waals surface area contributed by atoms with Gasteiger partial charge >= 0.3 is 5.97 Å². The summed E-state index contributed by atoms with van der Waals surface area (Å²) < 4.78 is 34.5. The van der Waals surface area contributed by atoms with Crippen LogP contribution in [0.1, 0.15) is 23.0 Å². The van der Waals surface area contributed by atoms with E-state index in [1.54, 1.807) is 86.4 Å². The molecular formula is C32H30FN5O6. The Balaban J connectivity index is 1.42. The fraction of sp³-hybridized carbons (Fsp3) is 0.188. The van der Waals surface area contributed by atoms with Crippen LogP contribution in [0.2, 0.25) is 0 Å². The molecule has 2 aromatic heterocycles. The van der Waals surface area contributed by atoms with Crippen LogP contribution in [-0.4, -0.2) is 46.0 Å². The van der Waals surface area contributed by atoms with Crippen LogP contribution < -0.4 is 26.1 Å². The van der Waals surface area contributed by atoms with Crippen molar-refractivity contribution in [1.82, 2.24) is 14.3 Å². The van der Waals surface area contributed by atoms with Gasteiger partial charge in [0.05, 0.1) is 37.1 Å². The van der Waals surface area contributed by atoms with Gasteiger partial charge in [-0.3, -0.25) is 24.0 Å². The Hall–Kier alpha value is -5.49. The summed E-state index contributed by atoms with van der Waals surface area (Å²) in [5.41, 5.74) is 6.19. The highest BCUT2D eigenvalue weighted by atomic mass is 19.1. The van der Waals surface area contributed by atoms with Crippen molar-refractivity contribution in [2.45, 2.75) is 26.5 Å². The number of nitrogens with zero attached hydrogens (tertiary/aromatic N) is 3. The van der Waals surface area contributed by atoms with Crippen molar-refractivity contribution < 1.29 is 28.2 Å². The lowest BCUT2D eigenvalue weighted by atomic mass is 10.2. The van der Waals surface area contributed by atoms with Gasteiger partial charge in [-0.15, -0.1) is 0 Å². The van der Waals surface area contributed by atoms with Crippen molar-refractivity contribution in [1.29, 1.82) is 0 Å². The van der Waals surface area contributed by atoms with Gasteiger partial charge in [-0.2, -0.15) is 0 Å². The normalized spacial score (nSPS) is 11.7. The van der Waals surface area contributed by atoms with E-state index in [9.17, 15) is 14.4 Å². The fourth-order valence-electron chi connectivity index (χ4n) is 4.80. The summed E-state index contributed by atoms with van der Waals surface area (Å²) in [4.78, 5) is 43.1. The van der Waals surface area contributed by atoms with Crippen LogP contribution in [0.15, 0.2) is 83.8 Å². The third-order valence-electron chi connectivity index (χ3n) is 6.87. The number of fused-ring (bicyclic) bond motifs is 1. The van der Waals surface area contributed by atoms with Gasteiger partial charge in [0.1, 0.15) is 23.2 Å². The zero-order valence-corrected chi connectivity index (χ0v) is 24.2. The summed E-state index contributed by atoms with van der Waals surface area (Å²) in [6, 6.07) is 19.6. The summed E-state index contributed by atoms with van der Waals surface area (Å²) in [6.07, 6.45) is 0.895. The summed E-state index contributed by atoms with van der Waals surface area (Å²) in [5.74, 6) is -1.11. The van der Waals surface area contributed by atoms with Crippen molar-refractivity contribution in [2.75, 3.05) is 19.0 Å². The summed E-state index contributed by atoms with van der Waals surface area (Å²) in [6.45, 7) is 3.05. The van der Waals surface area contributed by atoms with Gasteiger partial charge in [0.15, 0.2) is 11.6 Å². The molecule has 11 nitrogen and oxygen atoms in total. The van der Waals surface area contributed by atoms with Gasteiger partial charge in [0, 0.05) is 29.4 Å². The van der Waals surface area contributed by atoms with E-state index < -0.39 is 29.4 Å². The highest BCUT2D eigenvalue weighted by Crippen LogP contribution is 2.33. The molecule has 0 aliphatic carbocycles. The molecule has 1 atom stereocenters. The number of hydrogen-bond acceptors (Lipinski definition) is 8. The van der Waals surface area contributed by atoms with E-state index in [0.717, 1.165) is 6.07 Å². The monoisotopic (exact) mass is 599 g/mol. The molecular weight excluding hydrogens is 569 g/mol. The van der Waals surface area contributed by atoms with Crippen LogP contribution in [0.5, 0.6) is 17.2 Å². The highest BCUT2D eigenvalue weighted by molar-refractivity contribution is 6.05. The average molecular weight is 600 g/mol. The molecule has 1 amide bonds. The topological polar surface area (TPSA) is 140 Å². The number of halogens is 1. The second kappa shape index (κ2) is 12.8. The minimum Gasteiger partial charge on any atom is -0.497 e. The van der Waals surface area contributed by atoms with E-state index >= 15 is 4.39 Å². The number of nitrogens with two attached hydrogens (primary N) is 1. The molecule has 226 valence electrons. The SMILES string of the molecule is COc1ccc2c(Oc3ccc(NC(=O)c4c(C)n(C[C@H](C)OC(=O)CN)n(-c5ccccc5)c4=O)cc3F)ccnc2c1. The number of carbonyl (C=O) groups excluding carboxylic acids is 2. The van der Waals surface area contributed by atoms with E-state index in [1.165, 1.54) is 16.8 Å². The molecule has 12 heteroatoms. The number of ether oxygens (including phenoxy) is 3. The van der Waals surface area contributed by atoms with Crippen LogP contribution in [0.25, 0.3) is 16.6 Å². The molecule has 0 fully saturated rings. The second-order valence-electron chi connectivity index (χ2n) is 9.89. The van der Waals surface area contributed by atoms with Gasteiger partial charge in [0.25, 0.3) is 11.5 Å². The zero-order chi connectivity index (χ0) is 31.4. The fourth-order valence-corrected chi connectivity index (χ4v) is 4.80. The third kappa shape index (κ3) is 6.15. The van der Waals surface area contributed by atoms with Gasteiger partial charge < -0.3 is 25.3 Å². The first-order valence-corrected chi connectivity index (χ1v) is 13.7. The first-order valence-electron chi connectivity index (χ1n) is 13.7. The van der Waals surface area contributed by atoms with E-state index in [0.29, 0.717) is 33.8 Å². The Morgan fingerprint density at radius 1 is 1.05 bits per heavy atom. The van der Waals surface area contributed by atoms with E-state index in [2.05, 4.69) is 10.3 Å². The maximum Gasteiger partial charge on any atom is 0.320 e. The van der Waals surface area contributed by atoms with E-state index in [4.69, 9.17) is 19.9 Å². The number of benzene rings is 3. The molecule has 0 saturated carbocycles. The number of anilines is 1. The van der Waals surface area contributed by atoms with Crippen molar-refractivity contribution in [3.8, 4) is 22.9 Å². The molecule has 2 heterocycles. The Kier molecular flexibility index (Phi) is 8.72. The molecule has 0 bridgehead atoms. The number of amides is 1. The first kappa shape index (κ1) is 30.0.